The Hall–Kier alpha value is -1.54. The minimum absolute atomic E-state index is 0.190. The van der Waals surface area contributed by atoms with Crippen molar-refractivity contribution < 1.29 is 8.42 Å². The summed E-state index contributed by atoms with van der Waals surface area (Å²) in [5.74, 6) is 0. The standard InChI is InChI=1S/C9H12N4O2S2/c1-5-9(6(2)12-11-5)13-17(14,15)8-3-7(10)4-16-8/h3-4,13H,10H2,1-2H3,(H,11,12). The third-order valence-electron chi connectivity index (χ3n) is 2.23. The molecule has 0 aromatic carbocycles. The molecule has 0 spiro atoms. The summed E-state index contributed by atoms with van der Waals surface area (Å²) in [6.45, 7) is 3.48. The topological polar surface area (TPSA) is 101 Å². The van der Waals surface area contributed by atoms with E-state index >= 15 is 0 Å². The fourth-order valence-electron chi connectivity index (χ4n) is 1.36. The Kier molecular flexibility index (Phi) is 2.84. The van der Waals surface area contributed by atoms with Crippen LogP contribution in [0.1, 0.15) is 11.4 Å². The van der Waals surface area contributed by atoms with Gasteiger partial charge in [0, 0.05) is 11.1 Å². The van der Waals surface area contributed by atoms with E-state index in [2.05, 4.69) is 14.9 Å². The first-order valence-corrected chi connectivity index (χ1v) is 7.15. The molecule has 17 heavy (non-hydrogen) atoms. The first-order valence-electron chi connectivity index (χ1n) is 4.78. The highest BCUT2D eigenvalue weighted by atomic mass is 32.2. The van der Waals surface area contributed by atoms with Gasteiger partial charge in [-0.3, -0.25) is 9.82 Å². The summed E-state index contributed by atoms with van der Waals surface area (Å²) in [6.07, 6.45) is 0. The van der Waals surface area contributed by atoms with Crippen LogP contribution in [-0.4, -0.2) is 18.6 Å². The summed E-state index contributed by atoms with van der Waals surface area (Å²) in [4.78, 5) is 0. The molecule has 0 aliphatic rings. The Labute approximate surface area is 103 Å². The number of hydrogen-bond donors (Lipinski definition) is 3. The van der Waals surface area contributed by atoms with E-state index in [4.69, 9.17) is 5.73 Å². The van der Waals surface area contributed by atoms with Gasteiger partial charge in [0.15, 0.2) is 0 Å². The lowest BCUT2D eigenvalue weighted by Gasteiger charge is -2.05. The Balaban J connectivity index is 2.36. The van der Waals surface area contributed by atoms with Crippen LogP contribution in [0.15, 0.2) is 15.7 Å². The number of anilines is 2. The van der Waals surface area contributed by atoms with Gasteiger partial charge in [-0.1, -0.05) is 0 Å². The van der Waals surface area contributed by atoms with Crippen molar-refractivity contribution in [2.24, 2.45) is 0 Å². The molecule has 8 heteroatoms. The first kappa shape index (κ1) is 11.9. The number of aromatic nitrogens is 2. The molecule has 2 aromatic heterocycles. The van der Waals surface area contributed by atoms with E-state index in [9.17, 15) is 8.42 Å². The number of nitrogen functional groups attached to an aromatic ring is 1. The van der Waals surface area contributed by atoms with Crippen molar-refractivity contribution in [2.75, 3.05) is 10.5 Å². The third-order valence-corrected chi connectivity index (χ3v) is 5.03. The minimum atomic E-state index is -3.58. The van der Waals surface area contributed by atoms with Crippen molar-refractivity contribution in [3.05, 3.63) is 22.8 Å². The van der Waals surface area contributed by atoms with Crippen LogP contribution in [0.25, 0.3) is 0 Å². The highest BCUT2D eigenvalue weighted by Gasteiger charge is 2.19. The predicted molar refractivity (Wildman–Crippen MR) is 67.6 cm³/mol. The number of rotatable bonds is 3. The van der Waals surface area contributed by atoms with Crippen molar-refractivity contribution >= 4 is 32.7 Å². The molecule has 0 aliphatic heterocycles. The van der Waals surface area contributed by atoms with Crippen molar-refractivity contribution in [3.63, 3.8) is 0 Å². The third kappa shape index (κ3) is 2.27. The number of nitrogens with zero attached hydrogens (tertiary/aromatic N) is 1. The van der Waals surface area contributed by atoms with Crippen LogP contribution in [0.5, 0.6) is 0 Å². The lowest BCUT2D eigenvalue weighted by Crippen LogP contribution is -2.12. The zero-order valence-electron chi connectivity index (χ0n) is 9.31. The van der Waals surface area contributed by atoms with Crippen LogP contribution < -0.4 is 10.5 Å². The van der Waals surface area contributed by atoms with Gasteiger partial charge >= 0.3 is 0 Å². The fourth-order valence-corrected chi connectivity index (χ4v) is 3.62. The van der Waals surface area contributed by atoms with E-state index in [1.165, 1.54) is 6.07 Å². The van der Waals surface area contributed by atoms with E-state index in [-0.39, 0.29) is 4.21 Å². The second-order valence-electron chi connectivity index (χ2n) is 3.61. The molecular weight excluding hydrogens is 260 g/mol. The summed E-state index contributed by atoms with van der Waals surface area (Å²) in [5.41, 5.74) is 7.72. The van der Waals surface area contributed by atoms with Crippen LogP contribution in [0.4, 0.5) is 11.4 Å². The Morgan fingerprint density at radius 3 is 2.65 bits per heavy atom. The molecule has 0 radical (unpaired) electrons. The number of H-pyrrole nitrogens is 1. The van der Waals surface area contributed by atoms with E-state index < -0.39 is 10.0 Å². The van der Waals surface area contributed by atoms with E-state index in [1.54, 1.807) is 19.2 Å². The van der Waals surface area contributed by atoms with Crippen LogP contribution in [0, 0.1) is 13.8 Å². The van der Waals surface area contributed by atoms with Crippen LogP contribution in [0.2, 0.25) is 0 Å². The average Bonchev–Trinajstić information content (AvgIpc) is 2.80. The quantitative estimate of drug-likeness (QED) is 0.787. The molecule has 0 saturated heterocycles. The molecule has 0 amide bonds. The molecule has 0 fully saturated rings. The molecule has 2 rings (SSSR count). The van der Waals surface area contributed by atoms with E-state index in [1.807, 2.05) is 0 Å². The van der Waals surface area contributed by atoms with Gasteiger partial charge in [0.05, 0.1) is 17.1 Å². The molecule has 6 nitrogen and oxygen atoms in total. The minimum Gasteiger partial charge on any atom is -0.398 e. The second-order valence-corrected chi connectivity index (χ2v) is 6.43. The Morgan fingerprint density at radius 1 is 1.47 bits per heavy atom. The number of hydrogen-bond acceptors (Lipinski definition) is 5. The number of sulfonamides is 1. The lowest BCUT2D eigenvalue weighted by atomic mass is 10.3. The molecule has 0 unspecified atom stereocenters. The van der Waals surface area contributed by atoms with E-state index in [0.29, 0.717) is 22.8 Å². The van der Waals surface area contributed by atoms with Gasteiger partial charge in [0.2, 0.25) is 0 Å². The van der Waals surface area contributed by atoms with Gasteiger partial charge in [-0.05, 0) is 19.9 Å². The highest BCUT2D eigenvalue weighted by Crippen LogP contribution is 2.26. The summed E-state index contributed by atoms with van der Waals surface area (Å²) >= 11 is 1.08. The average molecular weight is 272 g/mol. The first-order chi connectivity index (χ1) is 7.90. The molecule has 0 atom stereocenters. The largest absolute Gasteiger partial charge is 0.398 e. The number of aryl methyl sites for hydroxylation is 2. The van der Waals surface area contributed by atoms with Crippen LogP contribution in [0.3, 0.4) is 0 Å². The SMILES string of the molecule is Cc1n[nH]c(C)c1NS(=O)(=O)c1cc(N)cs1. The molecule has 0 saturated carbocycles. The second kappa shape index (κ2) is 4.04. The van der Waals surface area contributed by atoms with Gasteiger partial charge in [0.1, 0.15) is 4.21 Å². The lowest BCUT2D eigenvalue weighted by molar-refractivity contribution is 0.603. The Bertz CT molecular complexity index is 622. The van der Waals surface area contributed by atoms with Gasteiger partial charge in [0.25, 0.3) is 10.0 Å². The van der Waals surface area contributed by atoms with Gasteiger partial charge in [-0.15, -0.1) is 11.3 Å². The fraction of sp³-hybridized carbons (Fsp3) is 0.222. The zero-order chi connectivity index (χ0) is 12.6. The van der Waals surface area contributed by atoms with Crippen molar-refractivity contribution in [1.82, 2.24) is 10.2 Å². The molecular formula is C9H12N4O2S2. The maximum atomic E-state index is 12.0. The summed E-state index contributed by atoms with van der Waals surface area (Å²) < 4.78 is 26.7. The molecule has 0 aliphatic carbocycles. The predicted octanol–water partition coefficient (Wildman–Crippen LogP) is 1.47. The normalized spacial score (nSPS) is 11.6. The van der Waals surface area contributed by atoms with Gasteiger partial charge in [-0.25, -0.2) is 8.42 Å². The molecule has 0 bridgehead atoms. The number of nitrogens with two attached hydrogens (primary N) is 1. The van der Waals surface area contributed by atoms with Crippen LogP contribution in [-0.2, 0) is 10.0 Å². The van der Waals surface area contributed by atoms with Crippen molar-refractivity contribution in [3.8, 4) is 0 Å². The summed E-state index contributed by atoms with van der Waals surface area (Å²) in [5, 5.41) is 8.23. The molecule has 2 aromatic rings. The summed E-state index contributed by atoms with van der Waals surface area (Å²) in [7, 11) is -3.58. The maximum Gasteiger partial charge on any atom is 0.271 e. The van der Waals surface area contributed by atoms with Crippen molar-refractivity contribution in [2.45, 2.75) is 18.1 Å². The monoisotopic (exact) mass is 272 g/mol. The number of thiophene rings is 1. The van der Waals surface area contributed by atoms with Gasteiger partial charge in [-0.2, -0.15) is 5.10 Å². The summed E-state index contributed by atoms with van der Waals surface area (Å²) in [6, 6.07) is 1.43. The number of aromatic amines is 1. The smallest absolute Gasteiger partial charge is 0.271 e. The highest BCUT2D eigenvalue weighted by molar-refractivity contribution is 7.94. The molecule has 2 heterocycles. The zero-order valence-corrected chi connectivity index (χ0v) is 10.9. The Morgan fingerprint density at radius 2 is 2.18 bits per heavy atom. The van der Waals surface area contributed by atoms with Gasteiger partial charge < -0.3 is 5.73 Å². The number of nitrogens with one attached hydrogen (secondary N) is 2. The van der Waals surface area contributed by atoms with E-state index in [0.717, 1.165) is 11.3 Å². The molecule has 92 valence electrons. The van der Waals surface area contributed by atoms with Crippen molar-refractivity contribution in [1.29, 1.82) is 0 Å². The molecule has 4 N–H and O–H groups in total. The maximum absolute atomic E-state index is 12.0. The van der Waals surface area contributed by atoms with Crippen LogP contribution >= 0.6 is 11.3 Å².